The number of nitriles is 1. The third-order valence-electron chi connectivity index (χ3n) is 1.50. The van der Waals surface area contributed by atoms with Crippen LogP contribution in [0.1, 0.15) is 12.5 Å². The van der Waals surface area contributed by atoms with Crippen molar-refractivity contribution in [1.82, 2.24) is 0 Å². The van der Waals surface area contributed by atoms with Crippen LogP contribution in [-0.4, -0.2) is 13.4 Å². The van der Waals surface area contributed by atoms with Gasteiger partial charge >= 0.3 is 0 Å². The van der Waals surface area contributed by atoms with E-state index >= 15 is 0 Å². The fourth-order valence-electron chi connectivity index (χ4n) is 0.819. The molecule has 0 aliphatic rings. The number of hydrogen-bond donors (Lipinski definition) is 0. The van der Waals surface area contributed by atoms with Crippen molar-refractivity contribution in [2.45, 2.75) is 6.92 Å². The fourth-order valence-corrected chi connectivity index (χ4v) is 0.819. The van der Waals surface area contributed by atoms with E-state index in [-0.39, 0.29) is 6.79 Å². The molecule has 0 N–H and O–H groups in total. The second-order valence-corrected chi connectivity index (χ2v) is 2.39. The maximum Gasteiger partial charge on any atom is 0.189 e. The lowest BCUT2D eigenvalue weighted by molar-refractivity contribution is 0.0224. The Balaban J connectivity index is 2.46. The normalized spacial score (nSPS) is 9.23. The topological polar surface area (TPSA) is 42.2 Å². The lowest BCUT2D eigenvalue weighted by Gasteiger charge is -2.04. The second-order valence-electron chi connectivity index (χ2n) is 2.39. The van der Waals surface area contributed by atoms with E-state index in [0.717, 1.165) is 0 Å². The Morgan fingerprint density at radius 1 is 1.31 bits per heavy atom. The van der Waals surface area contributed by atoms with Crippen molar-refractivity contribution in [3.63, 3.8) is 0 Å². The summed E-state index contributed by atoms with van der Waals surface area (Å²) in [6.07, 6.45) is 0. The quantitative estimate of drug-likeness (QED) is 0.521. The van der Waals surface area contributed by atoms with Crippen molar-refractivity contribution in [2.75, 3.05) is 13.4 Å². The third kappa shape index (κ3) is 3.14. The monoisotopic (exact) mass is 177 g/mol. The summed E-state index contributed by atoms with van der Waals surface area (Å²) in [4.78, 5) is 0. The Morgan fingerprint density at radius 3 is 2.54 bits per heavy atom. The van der Waals surface area contributed by atoms with Crippen molar-refractivity contribution >= 4 is 0 Å². The van der Waals surface area contributed by atoms with Crippen LogP contribution in [0.3, 0.4) is 0 Å². The van der Waals surface area contributed by atoms with Crippen LogP contribution >= 0.6 is 0 Å². The SMILES string of the molecule is CCOCOc1ccc(C#N)cc1. The molecule has 68 valence electrons. The molecule has 1 aromatic rings. The molecule has 0 radical (unpaired) electrons. The van der Waals surface area contributed by atoms with E-state index in [1.54, 1.807) is 24.3 Å². The van der Waals surface area contributed by atoms with Gasteiger partial charge in [-0.1, -0.05) is 0 Å². The molecule has 0 atom stereocenters. The Bertz CT molecular complexity index is 287. The molecule has 0 bridgehead atoms. The fraction of sp³-hybridized carbons (Fsp3) is 0.300. The molecule has 0 amide bonds. The Morgan fingerprint density at radius 2 is 2.00 bits per heavy atom. The molecular weight excluding hydrogens is 166 g/mol. The van der Waals surface area contributed by atoms with Crippen LogP contribution in [0.25, 0.3) is 0 Å². The number of ether oxygens (including phenoxy) is 2. The molecule has 0 heterocycles. The van der Waals surface area contributed by atoms with Gasteiger partial charge in [-0.3, -0.25) is 0 Å². The summed E-state index contributed by atoms with van der Waals surface area (Å²) in [7, 11) is 0. The maximum absolute atomic E-state index is 8.53. The first-order chi connectivity index (χ1) is 6.36. The molecular formula is C10H11NO2. The van der Waals surface area contributed by atoms with Crippen LogP contribution in [0.5, 0.6) is 5.75 Å². The number of hydrogen-bond acceptors (Lipinski definition) is 3. The molecule has 13 heavy (non-hydrogen) atoms. The van der Waals surface area contributed by atoms with Gasteiger partial charge in [0, 0.05) is 6.61 Å². The van der Waals surface area contributed by atoms with Crippen LogP contribution in [0, 0.1) is 11.3 Å². The van der Waals surface area contributed by atoms with Crippen molar-refractivity contribution in [2.24, 2.45) is 0 Å². The van der Waals surface area contributed by atoms with Crippen LogP contribution in [0.4, 0.5) is 0 Å². The predicted octanol–water partition coefficient (Wildman–Crippen LogP) is 1.93. The first-order valence-electron chi connectivity index (χ1n) is 4.07. The lowest BCUT2D eigenvalue weighted by Crippen LogP contribution is -2.01. The highest BCUT2D eigenvalue weighted by Crippen LogP contribution is 2.11. The van der Waals surface area contributed by atoms with Gasteiger partial charge < -0.3 is 9.47 Å². The summed E-state index contributed by atoms with van der Waals surface area (Å²) >= 11 is 0. The van der Waals surface area contributed by atoms with Gasteiger partial charge in [-0.15, -0.1) is 0 Å². The van der Waals surface area contributed by atoms with E-state index in [1.165, 1.54) is 0 Å². The zero-order chi connectivity index (χ0) is 9.52. The van der Waals surface area contributed by atoms with Crippen LogP contribution in [-0.2, 0) is 4.74 Å². The summed E-state index contributed by atoms with van der Waals surface area (Å²) in [5, 5.41) is 8.53. The minimum atomic E-state index is 0.252. The van der Waals surface area contributed by atoms with Crippen LogP contribution in [0.15, 0.2) is 24.3 Å². The first-order valence-corrected chi connectivity index (χ1v) is 4.07. The summed E-state index contributed by atoms with van der Waals surface area (Å²) in [6, 6.07) is 8.95. The Hall–Kier alpha value is -1.53. The molecule has 1 rings (SSSR count). The van der Waals surface area contributed by atoms with Crippen molar-refractivity contribution < 1.29 is 9.47 Å². The zero-order valence-electron chi connectivity index (χ0n) is 7.49. The molecule has 3 nitrogen and oxygen atoms in total. The number of benzene rings is 1. The number of nitrogens with zero attached hydrogens (tertiary/aromatic N) is 1. The maximum atomic E-state index is 8.53. The third-order valence-corrected chi connectivity index (χ3v) is 1.50. The lowest BCUT2D eigenvalue weighted by atomic mass is 10.2. The van der Waals surface area contributed by atoms with Gasteiger partial charge in [-0.05, 0) is 31.2 Å². The minimum Gasteiger partial charge on any atom is -0.468 e. The molecule has 0 saturated carbocycles. The summed E-state index contributed by atoms with van der Waals surface area (Å²) < 4.78 is 10.2. The van der Waals surface area contributed by atoms with Crippen LogP contribution in [0.2, 0.25) is 0 Å². The Labute approximate surface area is 77.5 Å². The Kier molecular flexibility index (Phi) is 3.80. The second kappa shape index (κ2) is 5.18. The molecule has 0 aromatic heterocycles. The van der Waals surface area contributed by atoms with Gasteiger partial charge in [0.25, 0.3) is 0 Å². The van der Waals surface area contributed by atoms with Crippen LogP contribution < -0.4 is 4.74 Å². The minimum absolute atomic E-state index is 0.252. The molecule has 3 heteroatoms. The highest BCUT2D eigenvalue weighted by Gasteiger charge is 1.93. The molecule has 1 aromatic carbocycles. The van der Waals surface area contributed by atoms with Crippen molar-refractivity contribution in [1.29, 1.82) is 5.26 Å². The smallest absolute Gasteiger partial charge is 0.189 e. The van der Waals surface area contributed by atoms with E-state index < -0.39 is 0 Å². The standard InChI is InChI=1S/C10H11NO2/c1-2-12-8-13-10-5-3-9(7-11)4-6-10/h3-6H,2,8H2,1H3. The van der Waals surface area contributed by atoms with Gasteiger partial charge in [0.1, 0.15) is 5.75 Å². The summed E-state index contributed by atoms with van der Waals surface area (Å²) in [6.45, 7) is 2.79. The molecule has 0 spiro atoms. The van der Waals surface area contributed by atoms with E-state index in [2.05, 4.69) is 0 Å². The van der Waals surface area contributed by atoms with E-state index in [4.69, 9.17) is 14.7 Å². The van der Waals surface area contributed by atoms with Gasteiger partial charge in [-0.2, -0.15) is 5.26 Å². The molecule has 0 aliphatic carbocycles. The number of rotatable bonds is 4. The highest BCUT2D eigenvalue weighted by molar-refractivity contribution is 5.34. The van der Waals surface area contributed by atoms with E-state index in [0.29, 0.717) is 17.9 Å². The summed E-state index contributed by atoms with van der Waals surface area (Å²) in [5.74, 6) is 0.715. The average Bonchev–Trinajstić information content (AvgIpc) is 2.19. The highest BCUT2D eigenvalue weighted by atomic mass is 16.7. The zero-order valence-corrected chi connectivity index (χ0v) is 7.49. The van der Waals surface area contributed by atoms with E-state index in [9.17, 15) is 0 Å². The van der Waals surface area contributed by atoms with Crippen molar-refractivity contribution in [3.05, 3.63) is 29.8 Å². The van der Waals surface area contributed by atoms with Gasteiger partial charge in [-0.25, -0.2) is 0 Å². The molecule has 0 fully saturated rings. The molecule has 0 saturated heterocycles. The van der Waals surface area contributed by atoms with Gasteiger partial charge in [0.2, 0.25) is 0 Å². The molecule has 0 unspecified atom stereocenters. The van der Waals surface area contributed by atoms with Gasteiger partial charge in [0.05, 0.1) is 11.6 Å². The largest absolute Gasteiger partial charge is 0.468 e. The average molecular weight is 177 g/mol. The summed E-state index contributed by atoms with van der Waals surface area (Å²) in [5.41, 5.74) is 0.628. The predicted molar refractivity (Wildman–Crippen MR) is 48.3 cm³/mol. The van der Waals surface area contributed by atoms with Crippen molar-refractivity contribution in [3.8, 4) is 11.8 Å². The van der Waals surface area contributed by atoms with E-state index in [1.807, 2.05) is 13.0 Å². The van der Waals surface area contributed by atoms with Gasteiger partial charge in [0.15, 0.2) is 6.79 Å². The molecule has 0 aliphatic heterocycles. The first kappa shape index (κ1) is 9.56.